The van der Waals surface area contributed by atoms with Crippen LogP contribution < -0.4 is 5.32 Å². The molecule has 1 saturated heterocycles. The molecule has 0 radical (unpaired) electrons. The monoisotopic (exact) mass is 314 g/mol. The topological polar surface area (TPSA) is 32.3 Å². The molecule has 0 bridgehead atoms. The Morgan fingerprint density at radius 1 is 1.39 bits per heavy atom. The lowest BCUT2D eigenvalue weighted by molar-refractivity contribution is -0.119. The summed E-state index contributed by atoms with van der Waals surface area (Å²) < 4.78 is 14.3. The summed E-state index contributed by atoms with van der Waals surface area (Å²) in [6, 6.07) is 4.70. The van der Waals surface area contributed by atoms with Gasteiger partial charge in [-0.3, -0.25) is 9.69 Å². The van der Waals surface area contributed by atoms with Crippen molar-refractivity contribution in [1.29, 1.82) is 0 Å². The first kappa shape index (κ1) is 13.6. The SMILES string of the molecule is O=C(Cc1cc(Br)ccc1F)CN1CCNCC1. The van der Waals surface area contributed by atoms with E-state index in [0.717, 1.165) is 30.7 Å². The van der Waals surface area contributed by atoms with Gasteiger partial charge in [-0.25, -0.2) is 4.39 Å². The standard InChI is InChI=1S/C13H16BrFN2O/c14-11-1-2-13(15)10(7-11)8-12(18)9-17-5-3-16-4-6-17/h1-2,7,16H,3-6,8-9H2. The van der Waals surface area contributed by atoms with E-state index < -0.39 is 0 Å². The maximum Gasteiger partial charge on any atom is 0.151 e. The van der Waals surface area contributed by atoms with Crippen LogP contribution in [0.4, 0.5) is 4.39 Å². The van der Waals surface area contributed by atoms with Crippen molar-refractivity contribution in [2.24, 2.45) is 0 Å². The lowest BCUT2D eigenvalue weighted by atomic mass is 10.1. The Balaban J connectivity index is 1.92. The molecule has 1 aliphatic heterocycles. The number of benzene rings is 1. The molecule has 1 heterocycles. The number of hydrogen-bond acceptors (Lipinski definition) is 3. The van der Waals surface area contributed by atoms with Crippen molar-refractivity contribution in [2.45, 2.75) is 6.42 Å². The molecule has 0 spiro atoms. The van der Waals surface area contributed by atoms with Gasteiger partial charge in [0, 0.05) is 37.1 Å². The first-order valence-corrected chi connectivity index (χ1v) is 6.83. The second kappa shape index (κ2) is 6.41. The fourth-order valence-corrected chi connectivity index (χ4v) is 2.47. The molecule has 2 rings (SSSR count). The van der Waals surface area contributed by atoms with Gasteiger partial charge in [-0.2, -0.15) is 0 Å². The summed E-state index contributed by atoms with van der Waals surface area (Å²) in [7, 11) is 0. The van der Waals surface area contributed by atoms with Gasteiger partial charge in [-0.15, -0.1) is 0 Å². The van der Waals surface area contributed by atoms with E-state index >= 15 is 0 Å². The first-order valence-electron chi connectivity index (χ1n) is 6.04. The molecule has 0 atom stereocenters. The summed E-state index contributed by atoms with van der Waals surface area (Å²) >= 11 is 3.29. The highest BCUT2D eigenvalue weighted by Gasteiger charge is 2.15. The Bertz CT molecular complexity index is 433. The minimum atomic E-state index is -0.313. The molecule has 3 nitrogen and oxygen atoms in total. The van der Waals surface area contributed by atoms with E-state index in [1.807, 2.05) is 0 Å². The van der Waals surface area contributed by atoms with Gasteiger partial charge < -0.3 is 5.32 Å². The average molecular weight is 315 g/mol. The van der Waals surface area contributed by atoms with Crippen molar-refractivity contribution < 1.29 is 9.18 Å². The summed E-state index contributed by atoms with van der Waals surface area (Å²) in [6.07, 6.45) is 0.162. The minimum absolute atomic E-state index is 0.0638. The molecule has 18 heavy (non-hydrogen) atoms. The van der Waals surface area contributed by atoms with Crippen LogP contribution in [0.1, 0.15) is 5.56 Å². The maximum absolute atomic E-state index is 13.5. The van der Waals surface area contributed by atoms with Gasteiger partial charge in [0.25, 0.3) is 0 Å². The highest BCUT2D eigenvalue weighted by atomic mass is 79.9. The summed E-state index contributed by atoms with van der Waals surface area (Å²) in [5, 5.41) is 3.24. The molecule has 0 unspecified atom stereocenters. The van der Waals surface area contributed by atoms with Gasteiger partial charge in [0.05, 0.1) is 6.54 Å². The Morgan fingerprint density at radius 3 is 2.83 bits per heavy atom. The molecule has 1 fully saturated rings. The number of hydrogen-bond donors (Lipinski definition) is 1. The second-order valence-electron chi connectivity index (χ2n) is 4.48. The molecule has 1 aliphatic rings. The van der Waals surface area contributed by atoms with E-state index in [4.69, 9.17) is 0 Å². The van der Waals surface area contributed by atoms with Gasteiger partial charge in [0.1, 0.15) is 5.82 Å². The van der Waals surface area contributed by atoms with Crippen molar-refractivity contribution in [1.82, 2.24) is 10.2 Å². The molecule has 0 aromatic heterocycles. The van der Waals surface area contributed by atoms with E-state index in [2.05, 4.69) is 26.1 Å². The zero-order chi connectivity index (χ0) is 13.0. The Hall–Kier alpha value is -0.780. The van der Waals surface area contributed by atoms with Crippen LogP contribution >= 0.6 is 15.9 Å². The van der Waals surface area contributed by atoms with Crippen LogP contribution in [0, 0.1) is 5.82 Å². The van der Waals surface area contributed by atoms with Crippen molar-refractivity contribution >= 4 is 21.7 Å². The zero-order valence-corrected chi connectivity index (χ0v) is 11.7. The molecule has 98 valence electrons. The molecule has 1 aromatic rings. The van der Waals surface area contributed by atoms with Crippen LogP contribution in [0.2, 0.25) is 0 Å². The molecule has 0 aliphatic carbocycles. The molecule has 1 N–H and O–H groups in total. The summed E-state index contributed by atoms with van der Waals surface area (Å²) in [6.45, 7) is 4.00. The van der Waals surface area contributed by atoms with Crippen molar-refractivity contribution in [3.8, 4) is 0 Å². The third-order valence-corrected chi connectivity index (χ3v) is 3.50. The van der Waals surface area contributed by atoms with Crippen LogP contribution in [-0.2, 0) is 11.2 Å². The third kappa shape index (κ3) is 3.86. The molecule has 1 aromatic carbocycles. The average Bonchev–Trinajstić information content (AvgIpc) is 2.35. The van der Waals surface area contributed by atoms with Crippen LogP contribution in [0.25, 0.3) is 0 Å². The maximum atomic E-state index is 13.5. The van der Waals surface area contributed by atoms with Crippen molar-refractivity contribution in [3.05, 3.63) is 34.1 Å². The highest BCUT2D eigenvalue weighted by molar-refractivity contribution is 9.10. The Morgan fingerprint density at radius 2 is 2.11 bits per heavy atom. The molecule has 5 heteroatoms. The van der Waals surface area contributed by atoms with E-state index in [0.29, 0.717) is 12.1 Å². The highest BCUT2D eigenvalue weighted by Crippen LogP contribution is 2.16. The zero-order valence-electron chi connectivity index (χ0n) is 10.1. The predicted molar refractivity (Wildman–Crippen MR) is 72.1 cm³/mol. The summed E-state index contributed by atoms with van der Waals surface area (Å²) in [5.74, 6) is -0.249. The first-order chi connectivity index (χ1) is 8.65. The normalized spacial score (nSPS) is 16.8. The fraction of sp³-hybridized carbons (Fsp3) is 0.462. The number of Topliss-reactive ketones (excluding diaryl/α,β-unsaturated/α-hetero) is 1. The number of nitrogens with zero attached hydrogens (tertiary/aromatic N) is 1. The van der Waals surface area contributed by atoms with Gasteiger partial charge >= 0.3 is 0 Å². The van der Waals surface area contributed by atoms with Crippen LogP contribution in [-0.4, -0.2) is 43.4 Å². The molecular weight excluding hydrogens is 299 g/mol. The van der Waals surface area contributed by atoms with Gasteiger partial charge in [0.15, 0.2) is 5.78 Å². The van der Waals surface area contributed by atoms with E-state index in [9.17, 15) is 9.18 Å². The smallest absolute Gasteiger partial charge is 0.151 e. The largest absolute Gasteiger partial charge is 0.314 e. The third-order valence-electron chi connectivity index (χ3n) is 3.00. The fourth-order valence-electron chi connectivity index (χ4n) is 2.07. The minimum Gasteiger partial charge on any atom is -0.314 e. The number of nitrogens with one attached hydrogen (secondary N) is 1. The number of carbonyl (C=O) groups excluding carboxylic acids is 1. The summed E-state index contributed by atoms with van der Waals surface area (Å²) in [4.78, 5) is 14.0. The summed E-state index contributed by atoms with van der Waals surface area (Å²) in [5.41, 5.74) is 0.463. The Labute approximate surface area is 114 Å². The van der Waals surface area contributed by atoms with E-state index in [1.165, 1.54) is 6.07 Å². The number of ketones is 1. The van der Waals surface area contributed by atoms with E-state index in [-0.39, 0.29) is 18.0 Å². The van der Waals surface area contributed by atoms with Crippen molar-refractivity contribution in [3.63, 3.8) is 0 Å². The Kier molecular flexibility index (Phi) is 4.86. The predicted octanol–water partition coefficient (Wildman–Crippen LogP) is 1.60. The molecule has 0 amide bonds. The van der Waals surface area contributed by atoms with Crippen molar-refractivity contribution in [2.75, 3.05) is 32.7 Å². The number of halogens is 2. The van der Waals surface area contributed by atoms with Gasteiger partial charge in [-0.05, 0) is 23.8 Å². The van der Waals surface area contributed by atoms with Gasteiger partial charge in [0.2, 0.25) is 0 Å². The van der Waals surface area contributed by atoms with Crippen LogP contribution in [0.15, 0.2) is 22.7 Å². The number of piperazine rings is 1. The second-order valence-corrected chi connectivity index (χ2v) is 5.39. The quantitative estimate of drug-likeness (QED) is 0.916. The van der Waals surface area contributed by atoms with Crippen LogP contribution in [0.3, 0.4) is 0 Å². The van der Waals surface area contributed by atoms with Crippen LogP contribution in [0.5, 0.6) is 0 Å². The lowest BCUT2D eigenvalue weighted by Gasteiger charge is -2.26. The van der Waals surface area contributed by atoms with Gasteiger partial charge in [-0.1, -0.05) is 15.9 Å². The molecular formula is C13H16BrFN2O. The number of carbonyl (C=O) groups is 1. The lowest BCUT2D eigenvalue weighted by Crippen LogP contribution is -2.45. The molecule has 0 saturated carbocycles. The number of rotatable bonds is 4. The van der Waals surface area contributed by atoms with E-state index in [1.54, 1.807) is 12.1 Å².